The fraction of sp³-hybridized carbons (Fsp3) is 0.276. The number of fused-ring (bicyclic) bond motifs is 1. The van der Waals surface area contributed by atoms with Crippen LogP contribution in [0, 0.1) is 11.7 Å². The predicted octanol–water partition coefficient (Wildman–Crippen LogP) is 6.13. The van der Waals surface area contributed by atoms with E-state index in [1.807, 2.05) is 47.4 Å². The SMILES string of the molecule is O=C(c1ccc2c(c1)NC=CO2)N1CCC([C@@H](c2ccc(F)cc2)c2cccc(OCCF)c2)CC1. The number of hydrogen-bond acceptors (Lipinski definition) is 4. The van der Waals surface area contributed by atoms with Gasteiger partial charge in [0.15, 0.2) is 0 Å². The fourth-order valence-electron chi connectivity index (χ4n) is 5.09. The molecule has 1 saturated heterocycles. The van der Waals surface area contributed by atoms with Crippen LogP contribution >= 0.6 is 0 Å². The molecule has 5 rings (SSSR count). The lowest BCUT2D eigenvalue weighted by Gasteiger charge is -2.37. The Bertz CT molecular complexity index is 1240. The van der Waals surface area contributed by atoms with Crippen molar-refractivity contribution in [1.29, 1.82) is 0 Å². The van der Waals surface area contributed by atoms with Gasteiger partial charge in [-0.05, 0) is 72.4 Å². The highest BCUT2D eigenvalue weighted by atomic mass is 19.1. The highest BCUT2D eigenvalue weighted by Gasteiger charge is 2.31. The largest absolute Gasteiger partial charge is 0.491 e. The van der Waals surface area contributed by atoms with E-state index in [9.17, 15) is 13.6 Å². The van der Waals surface area contributed by atoms with E-state index < -0.39 is 6.67 Å². The summed E-state index contributed by atoms with van der Waals surface area (Å²) in [5.41, 5.74) is 3.44. The summed E-state index contributed by atoms with van der Waals surface area (Å²) in [5.74, 6) is 1.27. The first-order valence-electron chi connectivity index (χ1n) is 12.2. The molecule has 0 unspecified atom stereocenters. The maximum absolute atomic E-state index is 13.7. The van der Waals surface area contributed by atoms with Crippen molar-refractivity contribution in [2.45, 2.75) is 18.8 Å². The number of carbonyl (C=O) groups excluding carboxylic acids is 1. The van der Waals surface area contributed by atoms with Crippen molar-refractivity contribution in [3.8, 4) is 11.5 Å². The first-order chi connectivity index (χ1) is 17.6. The highest BCUT2D eigenvalue weighted by Crippen LogP contribution is 2.39. The minimum atomic E-state index is -0.553. The summed E-state index contributed by atoms with van der Waals surface area (Å²) < 4.78 is 37.3. The third-order valence-corrected chi connectivity index (χ3v) is 6.82. The van der Waals surface area contributed by atoms with Crippen LogP contribution in [0.3, 0.4) is 0 Å². The van der Waals surface area contributed by atoms with E-state index in [-0.39, 0.29) is 30.2 Å². The molecule has 186 valence electrons. The fourth-order valence-corrected chi connectivity index (χ4v) is 5.09. The molecule has 0 radical (unpaired) electrons. The van der Waals surface area contributed by atoms with E-state index in [0.717, 1.165) is 29.7 Å². The first-order valence-corrected chi connectivity index (χ1v) is 12.2. The Morgan fingerprint density at radius 2 is 1.86 bits per heavy atom. The Balaban J connectivity index is 1.33. The average Bonchev–Trinajstić information content (AvgIpc) is 2.93. The molecule has 0 aliphatic carbocycles. The third kappa shape index (κ3) is 5.20. The van der Waals surface area contributed by atoms with Crippen LogP contribution in [0.4, 0.5) is 14.5 Å². The molecule has 3 aromatic carbocycles. The average molecular weight is 491 g/mol. The molecule has 36 heavy (non-hydrogen) atoms. The van der Waals surface area contributed by atoms with Crippen LogP contribution < -0.4 is 14.8 Å². The maximum Gasteiger partial charge on any atom is 0.253 e. The summed E-state index contributed by atoms with van der Waals surface area (Å²) in [7, 11) is 0. The van der Waals surface area contributed by atoms with Crippen LogP contribution in [0.2, 0.25) is 0 Å². The van der Waals surface area contributed by atoms with Gasteiger partial charge in [0.2, 0.25) is 0 Å². The van der Waals surface area contributed by atoms with Gasteiger partial charge in [0.25, 0.3) is 5.91 Å². The molecule has 2 aliphatic rings. The van der Waals surface area contributed by atoms with Crippen molar-refractivity contribution >= 4 is 11.6 Å². The monoisotopic (exact) mass is 490 g/mol. The quantitative estimate of drug-likeness (QED) is 0.433. The van der Waals surface area contributed by atoms with Crippen LogP contribution in [0.5, 0.6) is 11.5 Å². The third-order valence-electron chi connectivity index (χ3n) is 6.82. The van der Waals surface area contributed by atoms with Gasteiger partial charge < -0.3 is 19.7 Å². The molecule has 2 heterocycles. The molecule has 0 saturated carbocycles. The van der Waals surface area contributed by atoms with Gasteiger partial charge in [-0.1, -0.05) is 24.3 Å². The van der Waals surface area contributed by atoms with E-state index in [4.69, 9.17) is 9.47 Å². The predicted molar refractivity (Wildman–Crippen MR) is 135 cm³/mol. The molecule has 5 nitrogen and oxygen atoms in total. The number of carbonyl (C=O) groups is 1. The molecule has 1 N–H and O–H groups in total. The van der Waals surface area contributed by atoms with E-state index in [1.165, 1.54) is 12.1 Å². The first kappa shape index (κ1) is 23.9. The van der Waals surface area contributed by atoms with E-state index in [2.05, 4.69) is 5.32 Å². The van der Waals surface area contributed by atoms with Gasteiger partial charge >= 0.3 is 0 Å². The lowest BCUT2D eigenvalue weighted by Crippen LogP contribution is -2.40. The number of halogens is 2. The van der Waals surface area contributed by atoms with Crippen LogP contribution in [0.25, 0.3) is 0 Å². The Hall–Kier alpha value is -3.87. The van der Waals surface area contributed by atoms with Gasteiger partial charge in [0.1, 0.15) is 36.9 Å². The zero-order valence-electron chi connectivity index (χ0n) is 19.8. The second-order valence-electron chi connectivity index (χ2n) is 9.04. The lowest BCUT2D eigenvalue weighted by molar-refractivity contribution is 0.0683. The van der Waals surface area contributed by atoms with Crippen molar-refractivity contribution in [2.24, 2.45) is 5.92 Å². The molecule has 3 aromatic rings. The van der Waals surface area contributed by atoms with Crippen molar-refractivity contribution in [2.75, 3.05) is 31.7 Å². The number of nitrogens with zero attached hydrogens (tertiary/aromatic N) is 1. The zero-order valence-corrected chi connectivity index (χ0v) is 19.8. The molecule has 2 aliphatic heterocycles. The summed E-state index contributed by atoms with van der Waals surface area (Å²) in [4.78, 5) is 15.1. The number of alkyl halides is 1. The summed E-state index contributed by atoms with van der Waals surface area (Å²) in [6, 6.07) is 19.7. The van der Waals surface area contributed by atoms with E-state index in [1.54, 1.807) is 24.6 Å². The molecule has 1 atom stereocenters. The number of benzene rings is 3. The molecular formula is C29H28F2N2O3. The van der Waals surface area contributed by atoms with Crippen molar-refractivity contribution < 1.29 is 23.0 Å². The Morgan fingerprint density at radius 3 is 2.64 bits per heavy atom. The Morgan fingerprint density at radius 1 is 1.06 bits per heavy atom. The Labute approximate surface area is 209 Å². The standard InChI is InChI=1S/C29H28F2N2O3/c30-12-16-35-25-3-1-2-22(18-25)28(20-4-7-24(31)8-5-20)21-10-14-33(15-11-21)29(34)23-6-9-27-26(19-23)32-13-17-36-27/h1-9,13,17-19,21,28,32H,10-12,14-16H2/t28-/m1/s1. The molecular weight excluding hydrogens is 462 g/mol. The normalized spacial score (nSPS) is 16.0. The van der Waals surface area contributed by atoms with E-state index >= 15 is 0 Å². The zero-order chi connectivity index (χ0) is 24.9. The molecule has 0 aromatic heterocycles. The van der Waals surface area contributed by atoms with Crippen LogP contribution in [-0.2, 0) is 0 Å². The summed E-state index contributed by atoms with van der Waals surface area (Å²) in [6.07, 6.45) is 4.86. The van der Waals surface area contributed by atoms with Crippen molar-refractivity contribution in [1.82, 2.24) is 4.90 Å². The summed E-state index contributed by atoms with van der Waals surface area (Å²) in [6.45, 7) is 0.703. The van der Waals surface area contributed by atoms with Gasteiger partial charge in [0, 0.05) is 30.8 Å². The number of piperidine rings is 1. The molecule has 7 heteroatoms. The van der Waals surface area contributed by atoms with Crippen molar-refractivity contribution in [3.63, 3.8) is 0 Å². The second kappa shape index (κ2) is 10.8. The maximum atomic E-state index is 13.7. The minimum absolute atomic E-state index is 0.00575. The number of rotatable bonds is 7. The number of amides is 1. The molecule has 0 spiro atoms. The lowest BCUT2D eigenvalue weighted by atomic mass is 9.76. The second-order valence-corrected chi connectivity index (χ2v) is 9.04. The number of anilines is 1. The van der Waals surface area contributed by atoms with Crippen LogP contribution in [0.1, 0.15) is 40.2 Å². The van der Waals surface area contributed by atoms with Crippen LogP contribution in [0.15, 0.2) is 79.2 Å². The summed E-state index contributed by atoms with van der Waals surface area (Å²) >= 11 is 0. The summed E-state index contributed by atoms with van der Waals surface area (Å²) in [5, 5.41) is 3.11. The smallest absolute Gasteiger partial charge is 0.253 e. The number of ether oxygens (including phenoxy) is 2. The number of hydrogen-bond donors (Lipinski definition) is 1. The van der Waals surface area contributed by atoms with Crippen molar-refractivity contribution in [3.05, 3.63) is 102 Å². The minimum Gasteiger partial charge on any atom is -0.491 e. The topological polar surface area (TPSA) is 50.8 Å². The van der Waals surface area contributed by atoms with E-state index in [0.29, 0.717) is 30.2 Å². The highest BCUT2D eigenvalue weighted by molar-refractivity contribution is 5.95. The van der Waals surface area contributed by atoms with Gasteiger partial charge in [-0.15, -0.1) is 0 Å². The van der Waals surface area contributed by atoms with Gasteiger partial charge in [0.05, 0.1) is 5.69 Å². The Kier molecular flexibility index (Phi) is 7.16. The van der Waals surface area contributed by atoms with Gasteiger partial charge in [-0.25, -0.2) is 8.78 Å². The van der Waals surface area contributed by atoms with Gasteiger partial charge in [-0.3, -0.25) is 4.79 Å². The molecule has 0 bridgehead atoms. The van der Waals surface area contributed by atoms with Gasteiger partial charge in [-0.2, -0.15) is 0 Å². The number of likely N-dealkylation sites (tertiary alicyclic amines) is 1. The van der Waals surface area contributed by atoms with Crippen LogP contribution in [-0.4, -0.2) is 37.2 Å². The molecule has 1 fully saturated rings. The number of nitrogens with one attached hydrogen (secondary N) is 1. The molecule has 1 amide bonds.